The van der Waals surface area contributed by atoms with E-state index in [0.717, 1.165) is 12.8 Å². The summed E-state index contributed by atoms with van der Waals surface area (Å²) in [6.07, 6.45) is 1.76. The number of aryl methyl sites for hydroxylation is 2. The van der Waals surface area contributed by atoms with Gasteiger partial charge in [0.05, 0.1) is 11.4 Å². The van der Waals surface area contributed by atoms with Gasteiger partial charge in [0.25, 0.3) is 5.91 Å². The molecule has 0 aliphatic heterocycles. The van der Waals surface area contributed by atoms with E-state index >= 15 is 0 Å². The molecule has 1 unspecified atom stereocenters. The quantitative estimate of drug-likeness (QED) is 0.760. The molecule has 1 aromatic rings. The van der Waals surface area contributed by atoms with Crippen LogP contribution in [0.3, 0.4) is 0 Å². The first-order valence-corrected chi connectivity index (χ1v) is 6.76. The number of esters is 1. The second-order valence-electron chi connectivity index (χ2n) is 5.02. The number of hydrogen-bond acceptors (Lipinski definition) is 5. The van der Waals surface area contributed by atoms with E-state index in [4.69, 9.17) is 10.5 Å². The number of nitrogens with one attached hydrogen (secondary N) is 1. The molecule has 7 heteroatoms. The molecule has 0 saturated heterocycles. The lowest BCUT2D eigenvalue weighted by Crippen LogP contribution is -2.37. The van der Waals surface area contributed by atoms with Gasteiger partial charge in [-0.05, 0) is 26.2 Å². The number of aromatic nitrogens is 2. The standard InChI is InChI=1S/C13H20N4O3/c1-4-9-10(14)11(17(3)16-9)13(19)20-7(2)12(18)15-8-5-6-8/h7-8H,4-6,14H2,1-3H3,(H,15,18). The summed E-state index contributed by atoms with van der Waals surface area (Å²) >= 11 is 0. The maximum atomic E-state index is 12.1. The Labute approximate surface area is 117 Å². The first kappa shape index (κ1) is 14.4. The van der Waals surface area contributed by atoms with Gasteiger partial charge in [-0.2, -0.15) is 5.10 Å². The summed E-state index contributed by atoms with van der Waals surface area (Å²) in [7, 11) is 1.63. The maximum Gasteiger partial charge on any atom is 0.359 e. The molecule has 1 saturated carbocycles. The lowest BCUT2D eigenvalue weighted by Gasteiger charge is -2.13. The van der Waals surface area contributed by atoms with Crippen LogP contribution in [0, 0.1) is 0 Å². The smallest absolute Gasteiger partial charge is 0.359 e. The third kappa shape index (κ3) is 2.92. The van der Waals surface area contributed by atoms with Gasteiger partial charge in [-0.15, -0.1) is 0 Å². The van der Waals surface area contributed by atoms with Gasteiger partial charge in [-0.25, -0.2) is 4.79 Å². The van der Waals surface area contributed by atoms with E-state index in [-0.39, 0.29) is 17.6 Å². The number of hydrogen-bond donors (Lipinski definition) is 2. The van der Waals surface area contributed by atoms with E-state index in [9.17, 15) is 9.59 Å². The largest absolute Gasteiger partial charge is 0.448 e. The van der Waals surface area contributed by atoms with Gasteiger partial charge in [0.15, 0.2) is 11.8 Å². The van der Waals surface area contributed by atoms with Crippen molar-refractivity contribution >= 4 is 17.6 Å². The fourth-order valence-electron chi connectivity index (χ4n) is 1.92. The highest BCUT2D eigenvalue weighted by Gasteiger charge is 2.29. The summed E-state index contributed by atoms with van der Waals surface area (Å²) < 4.78 is 6.55. The number of amides is 1. The molecule has 1 heterocycles. The van der Waals surface area contributed by atoms with Crippen molar-refractivity contribution in [3.8, 4) is 0 Å². The molecule has 1 aliphatic rings. The van der Waals surface area contributed by atoms with Crippen molar-refractivity contribution < 1.29 is 14.3 Å². The van der Waals surface area contributed by atoms with Crippen LogP contribution in [0.4, 0.5) is 5.69 Å². The molecule has 110 valence electrons. The van der Waals surface area contributed by atoms with E-state index in [1.165, 1.54) is 4.68 Å². The highest BCUT2D eigenvalue weighted by Crippen LogP contribution is 2.20. The summed E-state index contributed by atoms with van der Waals surface area (Å²) in [5, 5.41) is 6.94. The average Bonchev–Trinajstić information content (AvgIpc) is 3.14. The van der Waals surface area contributed by atoms with Gasteiger partial charge >= 0.3 is 5.97 Å². The van der Waals surface area contributed by atoms with Crippen molar-refractivity contribution in [2.24, 2.45) is 7.05 Å². The third-order valence-electron chi connectivity index (χ3n) is 3.27. The van der Waals surface area contributed by atoms with Gasteiger partial charge in [0, 0.05) is 13.1 Å². The van der Waals surface area contributed by atoms with Gasteiger partial charge in [0.1, 0.15) is 0 Å². The SMILES string of the molecule is CCc1nn(C)c(C(=O)OC(C)C(=O)NC2CC2)c1N. The zero-order valence-corrected chi connectivity index (χ0v) is 12.0. The third-order valence-corrected chi connectivity index (χ3v) is 3.27. The van der Waals surface area contributed by atoms with Crippen molar-refractivity contribution in [1.29, 1.82) is 0 Å². The van der Waals surface area contributed by atoms with Crippen LogP contribution in [-0.4, -0.2) is 33.8 Å². The molecule has 20 heavy (non-hydrogen) atoms. The lowest BCUT2D eigenvalue weighted by molar-refractivity contribution is -0.129. The molecule has 2 rings (SSSR count). The molecular weight excluding hydrogens is 260 g/mol. The predicted molar refractivity (Wildman–Crippen MR) is 73.0 cm³/mol. The molecule has 0 bridgehead atoms. The number of nitrogens with zero attached hydrogens (tertiary/aromatic N) is 2. The molecule has 0 radical (unpaired) electrons. The van der Waals surface area contributed by atoms with E-state index in [2.05, 4.69) is 10.4 Å². The normalized spacial score (nSPS) is 15.8. The van der Waals surface area contributed by atoms with E-state index in [1.807, 2.05) is 6.92 Å². The van der Waals surface area contributed by atoms with Crippen LogP contribution in [0.2, 0.25) is 0 Å². The van der Waals surface area contributed by atoms with Crippen LogP contribution in [0.15, 0.2) is 0 Å². The molecule has 1 fully saturated rings. The van der Waals surface area contributed by atoms with Crippen LogP contribution in [0.5, 0.6) is 0 Å². The van der Waals surface area contributed by atoms with Gasteiger partial charge in [-0.1, -0.05) is 6.92 Å². The van der Waals surface area contributed by atoms with Gasteiger partial charge in [0.2, 0.25) is 0 Å². The zero-order valence-electron chi connectivity index (χ0n) is 12.0. The molecule has 7 nitrogen and oxygen atoms in total. The number of ether oxygens (including phenoxy) is 1. The van der Waals surface area contributed by atoms with Crippen molar-refractivity contribution in [2.45, 2.75) is 45.3 Å². The van der Waals surface area contributed by atoms with Crippen LogP contribution < -0.4 is 11.1 Å². The molecule has 1 aromatic heterocycles. The second kappa shape index (κ2) is 5.52. The summed E-state index contributed by atoms with van der Waals surface area (Å²) in [5.74, 6) is -0.909. The number of carbonyl (C=O) groups is 2. The van der Waals surface area contributed by atoms with Gasteiger partial charge < -0.3 is 15.8 Å². The molecular formula is C13H20N4O3. The molecule has 1 aliphatic carbocycles. The fraction of sp³-hybridized carbons (Fsp3) is 0.615. The fourth-order valence-corrected chi connectivity index (χ4v) is 1.92. The number of carbonyl (C=O) groups excluding carboxylic acids is 2. The van der Waals surface area contributed by atoms with E-state index < -0.39 is 12.1 Å². The number of nitrogens with two attached hydrogens (primary N) is 1. The first-order valence-electron chi connectivity index (χ1n) is 6.76. The Bertz CT molecular complexity index is 534. The summed E-state index contributed by atoms with van der Waals surface area (Å²) in [5.41, 5.74) is 7.02. The van der Waals surface area contributed by atoms with Crippen LogP contribution in [0.25, 0.3) is 0 Å². The average molecular weight is 280 g/mol. The molecule has 1 atom stereocenters. The molecule has 1 amide bonds. The number of rotatable bonds is 5. The zero-order chi connectivity index (χ0) is 14.9. The molecule has 0 aromatic carbocycles. The Hall–Kier alpha value is -2.05. The number of nitrogen functional groups attached to an aromatic ring is 1. The summed E-state index contributed by atoms with van der Waals surface area (Å²) in [6.45, 7) is 3.45. The minimum Gasteiger partial charge on any atom is -0.448 e. The second-order valence-corrected chi connectivity index (χ2v) is 5.02. The van der Waals surface area contributed by atoms with Crippen LogP contribution in [-0.2, 0) is 23.0 Å². The van der Waals surface area contributed by atoms with Crippen LogP contribution >= 0.6 is 0 Å². The molecule has 0 spiro atoms. The van der Waals surface area contributed by atoms with Crippen molar-refractivity contribution in [2.75, 3.05) is 5.73 Å². The van der Waals surface area contributed by atoms with Crippen molar-refractivity contribution in [3.63, 3.8) is 0 Å². The first-order chi connectivity index (χ1) is 9.43. The maximum absolute atomic E-state index is 12.1. The summed E-state index contributed by atoms with van der Waals surface area (Å²) in [4.78, 5) is 23.8. The van der Waals surface area contributed by atoms with E-state index in [0.29, 0.717) is 17.8 Å². The predicted octanol–water partition coefficient (Wildman–Crippen LogP) is 0.389. The van der Waals surface area contributed by atoms with E-state index in [1.54, 1.807) is 14.0 Å². The Morgan fingerprint density at radius 3 is 2.70 bits per heavy atom. The Kier molecular flexibility index (Phi) is 3.96. The molecule has 3 N–H and O–H groups in total. The van der Waals surface area contributed by atoms with Crippen molar-refractivity contribution in [3.05, 3.63) is 11.4 Å². The highest BCUT2D eigenvalue weighted by molar-refractivity contribution is 5.95. The Morgan fingerprint density at radius 2 is 2.20 bits per heavy atom. The lowest BCUT2D eigenvalue weighted by atomic mass is 10.2. The van der Waals surface area contributed by atoms with Gasteiger partial charge in [-0.3, -0.25) is 9.48 Å². The Morgan fingerprint density at radius 1 is 1.55 bits per heavy atom. The highest BCUT2D eigenvalue weighted by atomic mass is 16.5. The minimum atomic E-state index is -0.845. The van der Waals surface area contributed by atoms with Crippen molar-refractivity contribution in [1.82, 2.24) is 15.1 Å². The number of anilines is 1. The van der Waals surface area contributed by atoms with Crippen LogP contribution in [0.1, 0.15) is 42.9 Å². The minimum absolute atomic E-state index is 0.188. The monoisotopic (exact) mass is 280 g/mol. The Balaban J connectivity index is 2.03. The summed E-state index contributed by atoms with van der Waals surface area (Å²) in [6, 6.07) is 0.233. The topological polar surface area (TPSA) is 99.2 Å².